The Kier molecular flexibility index (Phi) is 9.68. The topological polar surface area (TPSA) is 69.6 Å². The van der Waals surface area contributed by atoms with E-state index >= 15 is 0 Å². The van der Waals surface area contributed by atoms with Crippen LogP contribution in [0.5, 0.6) is 0 Å². The Bertz CT molecular complexity index is 101. The molecule has 0 saturated heterocycles. The Morgan fingerprint density at radius 1 is 1.70 bits per heavy atom. The van der Waals surface area contributed by atoms with Crippen molar-refractivity contribution in [2.45, 2.75) is 12.5 Å². The van der Waals surface area contributed by atoms with Gasteiger partial charge in [0, 0.05) is 22.8 Å². The van der Waals surface area contributed by atoms with Gasteiger partial charge in [-0.2, -0.15) is 0 Å². The molecule has 6 heteroatoms. The maximum atomic E-state index is 10.1. The van der Waals surface area contributed by atoms with Crippen molar-refractivity contribution in [2.24, 2.45) is 0 Å². The van der Waals surface area contributed by atoms with Gasteiger partial charge in [0.2, 0.25) is 0 Å². The number of halogens is 2. The molecule has 0 amide bonds. The highest BCUT2D eigenvalue weighted by Crippen LogP contribution is 1.92. The van der Waals surface area contributed by atoms with Crippen molar-refractivity contribution in [3.63, 3.8) is 0 Å². The van der Waals surface area contributed by atoms with Crippen LogP contribution in [-0.2, 0) is 4.79 Å². The highest BCUT2D eigenvalue weighted by Gasteiger charge is 2.13. The lowest BCUT2D eigenvalue weighted by Crippen LogP contribution is -2.30. The van der Waals surface area contributed by atoms with Gasteiger partial charge in [-0.1, -0.05) is 0 Å². The summed E-state index contributed by atoms with van der Waals surface area (Å²) in [6.45, 7) is -0.129. The van der Waals surface area contributed by atoms with Crippen LogP contribution in [0.1, 0.15) is 6.42 Å². The molecule has 0 fully saturated rings. The van der Waals surface area contributed by atoms with Gasteiger partial charge < -0.3 is 10.2 Å². The summed E-state index contributed by atoms with van der Waals surface area (Å²) in [5.74, 6) is -0.971. The Labute approximate surface area is 77.7 Å². The van der Waals surface area contributed by atoms with E-state index in [0.29, 0.717) is 0 Å². The Morgan fingerprint density at radius 2 is 2.20 bits per heavy atom. The number of nitrogens with one attached hydrogen (secondary N) is 1. The molecule has 0 aliphatic heterocycles. The van der Waals surface area contributed by atoms with Gasteiger partial charge in [0.15, 0.2) is 0 Å². The zero-order chi connectivity index (χ0) is 7.28. The van der Waals surface area contributed by atoms with E-state index in [-0.39, 0.29) is 30.0 Å². The van der Waals surface area contributed by atoms with Crippen molar-refractivity contribution in [2.75, 3.05) is 6.61 Å². The molecule has 0 rings (SSSR count). The highest BCUT2D eigenvalue weighted by atomic mass is 79.9. The number of rotatable bonds is 4. The van der Waals surface area contributed by atoms with Crippen molar-refractivity contribution < 1.29 is 15.0 Å². The summed E-state index contributed by atoms with van der Waals surface area (Å²) in [6.07, 6.45) is 0.209. The van der Waals surface area contributed by atoms with Crippen LogP contribution in [0, 0.1) is 0 Å². The maximum Gasteiger partial charge on any atom is 0.321 e. The van der Waals surface area contributed by atoms with E-state index in [1.54, 1.807) is 0 Å². The zero-order valence-electron chi connectivity index (χ0n) is 5.08. The second-order valence-corrected chi connectivity index (χ2v) is 1.97. The van der Waals surface area contributed by atoms with Crippen molar-refractivity contribution in [1.29, 1.82) is 0 Å². The van der Waals surface area contributed by atoms with Crippen LogP contribution >= 0.6 is 33.1 Å². The number of carbonyl (C=O) groups is 1. The van der Waals surface area contributed by atoms with Gasteiger partial charge in [-0.25, -0.2) is 4.34 Å². The summed E-state index contributed by atoms with van der Waals surface area (Å²) in [6, 6.07) is -0.699. The van der Waals surface area contributed by atoms with E-state index in [9.17, 15) is 4.79 Å². The fourth-order valence-electron chi connectivity index (χ4n) is 0.354. The molecule has 3 N–H and O–H groups in total. The van der Waals surface area contributed by atoms with E-state index in [1.807, 2.05) is 0 Å². The van der Waals surface area contributed by atoms with Crippen LogP contribution in [0.15, 0.2) is 0 Å². The quantitative estimate of drug-likeness (QED) is 0.647. The first-order valence-electron chi connectivity index (χ1n) is 2.42. The summed E-state index contributed by atoms with van der Waals surface area (Å²) in [7, 11) is 0. The Morgan fingerprint density at radius 3 is 2.30 bits per heavy atom. The van der Waals surface area contributed by atoms with Crippen LogP contribution in [0.25, 0.3) is 0 Å². The minimum absolute atomic E-state index is 0. The van der Waals surface area contributed by atoms with Gasteiger partial charge in [0.05, 0.1) is 0 Å². The highest BCUT2D eigenvalue weighted by molar-refractivity contribution is 9.08. The number of hydrogen-bond acceptors (Lipinski definition) is 3. The van der Waals surface area contributed by atoms with E-state index in [4.69, 9.17) is 10.2 Å². The van der Waals surface area contributed by atoms with Crippen molar-refractivity contribution in [3.05, 3.63) is 0 Å². The molecule has 10 heavy (non-hydrogen) atoms. The molecule has 0 aliphatic rings. The van der Waals surface area contributed by atoms with E-state index in [0.717, 1.165) is 0 Å². The number of carboxylic acids is 1. The lowest BCUT2D eigenvalue weighted by molar-refractivity contribution is -0.139. The standard InChI is InChI=1S/C4H8BrNO3.BrH/c5-6-3(1-2-7)4(8)9;/h3,6-7H,1-2H2,(H,8,9);1H/t3-;/m0./s1. The summed E-state index contributed by atoms with van der Waals surface area (Å²) in [5, 5.41) is 16.6. The molecule has 0 aromatic rings. The third-order valence-electron chi connectivity index (χ3n) is 0.848. The van der Waals surface area contributed by atoms with Crippen molar-refractivity contribution in [3.8, 4) is 0 Å². The summed E-state index contributed by atoms with van der Waals surface area (Å²) < 4.78 is 2.36. The first-order valence-corrected chi connectivity index (χ1v) is 3.21. The molecule has 0 aliphatic carbocycles. The number of aliphatic hydroxyl groups excluding tert-OH is 1. The SMILES string of the molecule is Br.O=C(O)[C@H](CCO)NBr. The second kappa shape index (κ2) is 7.46. The Hall–Kier alpha value is 0.350. The second-order valence-electron chi connectivity index (χ2n) is 1.51. The van der Waals surface area contributed by atoms with Gasteiger partial charge in [0.25, 0.3) is 0 Å². The third kappa shape index (κ3) is 5.16. The van der Waals surface area contributed by atoms with Crippen molar-refractivity contribution in [1.82, 2.24) is 4.34 Å². The van der Waals surface area contributed by atoms with Gasteiger partial charge in [-0.05, 0) is 6.42 Å². The maximum absolute atomic E-state index is 10.1. The summed E-state index contributed by atoms with van der Waals surface area (Å²) in [5.41, 5.74) is 0. The van der Waals surface area contributed by atoms with Crippen LogP contribution in [0.3, 0.4) is 0 Å². The molecule has 0 aromatic heterocycles. The minimum atomic E-state index is -0.971. The molecular formula is C4H9Br2NO3. The fourth-order valence-corrected chi connectivity index (χ4v) is 0.779. The zero-order valence-corrected chi connectivity index (χ0v) is 8.38. The minimum Gasteiger partial charge on any atom is -0.480 e. The van der Waals surface area contributed by atoms with Gasteiger partial charge in [-0.15, -0.1) is 17.0 Å². The van der Waals surface area contributed by atoms with Crippen LogP contribution in [0.4, 0.5) is 0 Å². The van der Waals surface area contributed by atoms with E-state index in [2.05, 4.69) is 20.5 Å². The molecule has 4 nitrogen and oxygen atoms in total. The molecule has 62 valence electrons. The fraction of sp³-hybridized carbons (Fsp3) is 0.750. The van der Waals surface area contributed by atoms with E-state index < -0.39 is 12.0 Å². The monoisotopic (exact) mass is 277 g/mol. The molecule has 0 bridgehead atoms. The summed E-state index contributed by atoms with van der Waals surface area (Å²) in [4.78, 5) is 10.1. The molecular weight excluding hydrogens is 270 g/mol. The molecule has 0 heterocycles. The molecule has 0 aromatic carbocycles. The molecule has 0 saturated carbocycles. The number of aliphatic carboxylic acids is 1. The molecule has 1 atom stereocenters. The number of aliphatic hydroxyl groups is 1. The molecule has 0 radical (unpaired) electrons. The van der Waals surface area contributed by atoms with Crippen LogP contribution in [-0.4, -0.2) is 28.8 Å². The predicted molar refractivity (Wildman–Crippen MR) is 45.5 cm³/mol. The average Bonchev–Trinajstić information content (AvgIpc) is 1.82. The largest absolute Gasteiger partial charge is 0.480 e. The lowest BCUT2D eigenvalue weighted by atomic mass is 10.2. The molecule has 0 spiro atoms. The number of carboxylic acid groups (broad SMARTS) is 1. The normalized spacial score (nSPS) is 11.8. The average molecular weight is 279 g/mol. The lowest BCUT2D eigenvalue weighted by Gasteiger charge is -2.05. The van der Waals surface area contributed by atoms with Gasteiger partial charge >= 0.3 is 5.97 Å². The smallest absolute Gasteiger partial charge is 0.321 e. The Balaban J connectivity index is 0. The third-order valence-corrected chi connectivity index (χ3v) is 1.40. The van der Waals surface area contributed by atoms with Crippen LogP contribution < -0.4 is 4.34 Å². The van der Waals surface area contributed by atoms with E-state index in [1.165, 1.54) is 0 Å². The van der Waals surface area contributed by atoms with Gasteiger partial charge in [0.1, 0.15) is 6.04 Å². The summed E-state index contributed by atoms with van der Waals surface area (Å²) >= 11 is 2.78. The molecule has 0 unspecified atom stereocenters. The van der Waals surface area contributed by atoms with Gasteiger partial charge in [-0.3, -0.25) is 4.79 Å². The van der Waals surface area contributed by atoms with Crippen LogP contribution in [0.2, 0.25) is 0 Å². The van der Waals surface area contributed by atoms with Crippen molar-refractivity contribution >= 4 is 39.1 Å². The first kappa shape index (κ1) is 13.0. The first-order chi connectivity index (χ1) is 4.22. The number of hydrogen-bond donors (Lipinski definition) is 3. The predicted octanol–water partition coefficient (Wildman–Crippen LogP) is 0.299.